The van der Waals surface area contributed by atoms with Crippen LogP contribution in [0.3, 0.4) is 0 Å². The average molecular weight is 380 g/mol. The molecule has 2 nitrogen and oxygen atoms in total. The molecule has 0 radical (unpaired) electrons. The minimum Gasteiger partial charge on any atom is -0.227 e. The number of aromatic nitrogens is 2. The van der Waals surface area contributed by atoms with Gasteiger partial charge in [-0.3, -0.25) is 0 Å². The van der Waals surface area contributed by atoms with Crippen LogP contribution in [0.15, 0.2) is 42.5 Å². The van der Waals surface area contributed by atoms with Gasteiger partial charge in [0.15, 0.2) is 11.0 Å². The van der Waals surface area contributed by atoms with Crippen molar-refractivity contribution in [2.45, 2.75) is 44.9 Å². The molecule has 1 aliphatic heterocycles. The molecule has 0 atom stereocenters. The second-order valence-electron chi connectivity index (χ2n) is 6.76. The molecule has 6 heteroatoms. The van der Waals surface area contributed by atoms with Crippen LogP contribution in [0.2, 0.25) is 5.02 Å². The highest BCUT2D eigenvalue weighted by atomic mass is 35.5. The lowest BCUT2D eigenvalue weighted by molar-refractivity contribution is -0.678. The van der Waals surface area contributed by atoms with E-state index in [1.54, 1.807) is 6.07 Å². The maximum atomic E-state index is 13.2. The summed E-state index contributed by atoms with van der Waals surface area (Å²) in [5.74, 6) is 1.08. The summed E-state index contributed by atoms with van der Waals surface area (Å²) in [4.78, 5) is 0. The zero-order valence-electron chi connectivity index (χ0n) is 14.2. The first-order valence-corrected chi connectivity index (χ1v) is 9.18. The fourth-order valence-electron chi connectivity index (χ4n) is 3.79. The van der Waals surface area contributed by atoms with Crippen LogP contribution in [0, 0.1) is 0 Å². The Kier molecular flexibility index (Phi) is 4.43. The quantitative estimate of drug-likeness (QED) is 0.529. The van der Waals surface area contributed by atoms with Gasteiger partial charge in [0.2, 0.25) is 0 Å². The Morgan fingerprint density at radius 3 is 2.62 bits per heavy atom. The lowest BCUT2D eigenvalue weighted by Gasteiger charge is -2.07. The van der Waals surface area contributed by atoms with E-state index in [9.17, 15) is 13.2 Å². The first kappa shape index (κ1) is 17.4. The van der Waals surface area contributed by atoms with Crippen LogP contribution >= 0.6 is 11.6 Å². The molecule has 0 aliphatic carbocycles. The van der Waals surface area contributed by atoms with Gasteiger partial charge in [-0.15, -0.1) is 0 Å². The molecule has 3 aromatic rings. The number of fused-ring (bicyclic) bond motifs is 3. The molecule has 2 heterocycles. The van der Waals surface area contributed by atoms with Gasteiger partial charge in [0.05, 0.1) is 12.1 Å². The van der Waals surface area contributed by atoms with E-state index in [1.165, 1.54) is 12.1 Å². The van der Waals surface area contributed by atoms with Crippen molar-refractivity contribution >= 4 is 22.6 Å². The molecular weight excluding hydrogens is 361 g/mol. The van der Waals surface area contributed by atoms with Crippen molar-refractivity contribution in [3.63, 3.8) is 0 Å². The van der Waals surface area contributed by atoms with Gasteiger partial charge in [0, 0.05) is 23.1 Å². The molecule has 0 saturated carbocycles. The number of nitrogens with zero attached hydrogens (tertiary/aromatic N) is 2. The Bertz CT molecular complexity index is 960. The van der Waals surface area contributed by atoms with Gasteiger partial charge in [-0.05, 0) is 37.5 Å². The van der Waals surface area contributed by atoms with Crippen molar-refractivity contribution in [1.82, 2.24) is 4.57 Å². The van der Waals surface area contributed by atoms with E-state index in [2.05, 4.69) is 4.57 Å². The molecule has 0 unspecified atom stereocenters. The van der Waals surface area contributed by atoms with E-state index in [-0.39, 0.29) is 0 Å². The fourth-order valence-corrected chi connectivity index (χ4v) is 3.99. The standard InChI is InChI=1S/C20H19ClF3N2/c21-16-7-4-3-6-14(16)13-26-18-12-15(20(22,23)24)9-10-17(18)25-11-5-1-2-8-19(25)26/h3-4,6-7,9-10,12H,1-2,5,8,11,13H2/q+1. The summed E-state index contributed by atoms with van der Waals surface area (Å²) in [6.45, 7) is 1.31. The van der Waals surface area contributed by atoms with Crippen LogP contribution in [0.1, 0.15) is 36.2 Å². The largest absolute Gasteiger partial charge is 0.416 e. The first-order valence-electron chi connectivity index (χ1n) is 8.81. The van der Waals surface area contributed by atoms with Gasteiger partial charge in [-0.2, -0.15) is 13.2 Å². The topological polar surface area (TPSA) is 8.81 Å². The summed E-state index contributed by atoms with van der Waals surface area (Å²) in [6.07, 6.45) is -0.263. The van der Waals surface area contributed by atoms with E-state index in [1.807, 2.05) is 28.8 Å². The zero-order valence-corrected chi connectivity index (χ0v) is 14.9. The zero-order chi connectivity index (χ0) is 18.3. The molecule has 1 aliphatic rings. The molecule has 0 amide bonds. The highest BCUT2D eigenvalue weighted by Gasteiger charge is 2.34. The van der Waals surface area contributed by atoms with Crippen LogP contribution in [-0.2, 0) is 25.7 Å². The number of rotatable bonds is 2. The highest BCUT2D eigenvalue weighted by molar-refractivity contribution is 6.31. The van der Waals surface area contributed by atoms with Crippen molar-refractivity contribution in [2.75, 3.05) is 0 Å². The number of hydrogen-bond donors (Lipinski definition) is 0. The molecule has 0 saturated heterocycles. The summed E-state index contributed by atoms with van der Waals surface area (Å²) in [7, 11) is 0. The van der Waals surface area contributed by atoms with E-state index >= 15 is 0 Å². The highest BCUT2D eigenvalue weighted by Crippen LogP contribution is 2.32. The van der Waals surface area contributed by atoms with Crippen molar-refractivity contribution in [2.24, 2.45) is 0 Å². The van der Waals surface area contributed by atoms with Crippen LogP contribution < -0.4 is 4.57 Å². The Hall–Kier alpha value is -2.01. The summed E-state index contributed by atoms with van der Waals surface area (Å²) in [6, 6.07) is 11.6. The van der Waals surface area contributed by atoms with E-state index in [0.717, 1.165) is 49.1 Å². The van der Waals surface area contributed by atoms with Gasteiger partial charge in [-0.1, -0.05) is 29.8 Å². The lowest BCUT2D eigenvalue weighted by atomic mass is 10.1. The third-order valence-electron chi connectivity index (χ3n) is 5.08. The molecular formula is C20H19ClF3N2+. The molecule has 26 heavy (non-hydrogen) atoms. The molecule has 4 rings (SSSR count). The van der Waals surface area contributed by atoms with E-state index < -0.39 is 11.7 Å². The first-order chi connectivity index (χ1) is 12.4. The Morgan fingerprint density at radius 1 is 1.04 bits per heavy atom. The molecule has 0 spiro atoms. The number of benzene rings is 2. The van der Waals surface area contributed by atoms with Crippen molar-refractivity contribution in [3.8, 4) is 0 Å². The van der Waals surface area contributed by atoms with Gasteiger partial charge < -0.3 is 0 Å². The van der Waals surface area contributed by atoms with E-state index in [4.69, 9.17) is 11.6 Å². The van der Waals surface area contributed by atoms with Gasteiger partial charge in [-0.25, -0.2) is 9.13 Å². The van der Waals surface area contributed by atoms with Crippen LogP contribution in [-0.4, -0.2) is 4.57 Å². The number of aryl methyl sites for hydroxylation is 1. The number of halogens is 4. The molecule has 0 bridgehead atoms. The average Bonchev–Trinajstić information content (AvgIpc) is 2.75. The molecule has 136 valence electrons. The molecule has 0 fully saturated rings. The SMILES string of the molecule is FC(F)(F)c1ccc2c(c1)n(Cc1ccccc1Cl)c1[n+]2CCCCC1. The predicted octanol–water partition coefficient (Wildman–Crippen LogP) is 5.38. The minimum absolute atomic E-state index is 0.472. The number of hydrogen-bond acceptors (Lipinski definition) is 0. The third-order valence-corrected chi connectivity index (χ3v) is 5.44. The van der Waals surface area contributed by atoms with Gasteiger partial charge >= 0.3 is 6.18 Å². The second-order valence-corrected chi connectivity index (χ2v) is 7.16. The summed E-state index contributed by atoms with van der Waals surface area (Å²) in [5, 5.41) is 0.633. The van der Waals surface area contributed by atoms with Crippen molar-refractivity contribution in [1.29, 1.82) is 0 Å². The van der Waals surface area contributed by atoms with Gasteiger partial charge in [0.25, 0.3) is 5.82 Å². The van der Waals surface area contributed by atoms with Crippen LogP contribution in [0.25, 0.3) is 11.0 Å². The lowest BCUT2D eigenvalue weighted by Crippen LogP contribution is -2.37. The maximum absolute atomic E-state index is 13.2. The van der Waals surface area contributed by atoms with Crippen LogP contribution in [0.4, 0.5) is 13.2 Å². The van der Waals surface area contributed by atoms with Crippen molar-refractivity contribution in [3.05, 3.63) is 64.4 Å². The smallest absolute Gasteiger partial charge is 0.227 e. The Balaban J connectivity index is 1.93. The molecule has 1 aromatic heterocycles. The Morgan fingerprint density at radius 2 is 1.85 bits per heavy atom. The summed E-state index contributed by atoms with van der Waals surface area (Å²) in [5.41, 5.74) is 1.79. The molecule has 2 aromatic carbocycles. The van der Waals surface area contributed by atoms with Gasteiger partial charge in [0.1, 0.15) is 6.54 Å². The van der Waals surface area contributed by atoms with Crippen molar-refractivity contribution < 1.29 is 17.7 Å². The summed E-state index contributed by atoms with van der Waals surface area (Å²) < 4.78 is 43.9. The predicted molar refractivity (Wildman–Crippen MR) is 95.2 cm³/mol. The number of imidazole rings is 1. The van der Waals surface area contributed by atoms with E-state index in [0.29, 0.717) is 17.1 Å². The fraction of sp³-hybridized carbons (Fsp3) is 0.350. The second kappa shape index (κ2) is 6.62. The summed E-state index contributed by atoms with van der Waals surface area (Å²) >= 11 is 6.31. The normalized spacial score (nSPS) is 15.1. The number of alkyl halides is 3. The third kappa shape index (κ3) is 3.09. The Labute approximate surface area is 154 Å². The minimum atomic E-state index is -4.35. The maximum Gasteiger partial charge on any atom is 0.416 e. The molecule has 0 N–H and O–H groups in total. The monoisotopic (exact) mass is 379 g/mol. The van der Waals surface area contributed by atoms with Crippen LogP contribution in [0.5, 0.6) is 0 Å².